The summed E-state index contributed by atoms with van der Waals surface area (Å²) >= 11 is 0. The SMILES string of the molecule is c1ccc(-n2c3ccccc3n3c4cc5c(cc4nc23)nc2n(-c3ccccc3)c3ccccc3n52)cc1. The number of hydrogen-bond acceptors (Lipinski definition) is 2. The molecule has 0 atom stereocenters. The second-order valence-electron chi connectivity index (χ2n) is 9.64. The van der Waals surface area contributed by atoms with Crippen molar-refractivity contribution in [1.29, 1.82) is 0 Å². The maximum Gasteiger partial charge on any atom is 0.220 e. The number of fused-ring (bicyclic) bond motifs is 10. The molecule has 5 aromatic carbocycles. The highest BCUT2D eigenvalue weighted by Gasteiger charge is 2.21. The minimum atomic E-state index is 0.896. The van der Waals surface area contributed by atoms with E-state index in [2.05, 4.69) is 127 Å². The maximum absolute atomic E-state index is 5.15. The molecule has 9 aromatic rings. The Morgan fingerprint density at radius 2 is 0.763 bits per heavy atom. The third-order valence-electron chi connectivity index (χ3n) is 7.55. The molecule has 4 aromatic heterocycles. The van der Waals surface area contributed by atoms with E-state index in [1.807, 2.05) is 12.1 Å². The molecule has 0 radical (unpaired) electrons. The monoisotopic (exact) mass is 488 g/mol. The van der Waals surface area contributed by atoms with Crippen LogP contribution in [0.5, 0.6) is 0 Å². The molecule has 0 saturated carbocycles. The van der Waals surface area contributed by atoms with Crippen molar-refractivity contribution in [2.45, 2.75) is 0 Å². The third kappa shape index (κ3) is 2.46. The smallest absolute Gasteiger partial charge is 0.220 e. The summed E-state index contributed by atoms with van der Waals surface area (Å²) in [5, 5.41) is 0. The first-order valence-electron chi connectivity index (χ1n) is 12.7. The first-order valence-corrected chi connectivity index (χ1v) is 12.7. The van der Waals surface area contributed by atoms with Crippen molar-refractivity contribution >= 4 is 55.7 Å². The van der Waals surface area contributed by atoms with E-state index in [9.17, 15) is 0 Å². The minimum absolute atomic E-state index is 0.896. The Morgan fingerprint density at radius 3 is 1.21 bits per heavy atom. The normalized spacial score (nSPS) is 12.2. The highest BCUT2D eigenvalue weighted by molar-refractivity contribution is 6.01. The van der Waals surface area contributed by atoms with Crippen LogP contribution in [0.3, 0.4) is 0 Å². The van der Waals surface area contributed by atoms with Crippen molar-refractivity contribution in [3.8, 4) is 11.4 Å². The Morgan fingerprint density at radius 1 is 0.368 bits per heavy atom. The molecule has 0 N–H and O–H groups in total. The van der Waals surface area contributed by atoms with Gasteiger partial charge in [0.1, 0.15) is 0 Å². The van der Waals surface area contributed by atoms with Gasteiger partial charge in [0.15, 0.2) is 0 Å². The largest absolute Gasteiger partial charge is 0.278 e. The van der Waals surface area contributed by atoms with E-state index in [1.165, 1.54) is 0 Å². The molecular weight excluding hydrogens is 468 g/mol. The van der Waals surface area contributed by atoms with Crippen LogP contribution in [0.1, 0.15) is 0 Å². The number of aromatic nitrogens is 6. The van der Waals surface area contributed by atoms with Gasteiger partial charge < -0.3 is 0 Å². The van der Waals surface area contributed by atoms with Gasteiger partial charge in [-0.3, -0.25) is 17.9 Å². The molecule has 0 bridgehead atoms. The summed E-state index contributed by atoms with van der Waals surface area (Å²) in [6, 6.07) is 42.2. The lowest BCUT2D eigenvalue weighted by atomic mass is 10.2. The van der Waals surface area contributed by atoms with Gasteiger partial charge in [0.05, 0.1) is 44.1 Å². The van der Waals surface area contributed by atoms with Crippen molar-refractivity contribution in [3.05, 3.63) is 121 Å². The van der Waals surface area contributed by atoms with E-state index in [4.69, 9.17) is 9.97 Å². The van der Waals surface area contributed by atoms with Gasteiger partial charge in [0.2, 0.25) is 11.6 Å². The lowest BCUT2D eigenvalue weighted by Gasteiger charge is -2.04. The fourth-order valence-electron chi connectivity index (χ4n) is 5.96. The van der Waals surface area contributed by atoms with Crippen molar-refractivity contribution < 1.29 is 0 Å². The molecule has 0 aliphatic rings. The Bertz CT molecular complexity index is 2170. The third-order valence-corrected chi connectivity index (χ3v) is 7.55. The summed E-state index contributed by atoms with van der Waals surface area (Å²) in [5.74, 6) is 1.79. The van der Waals surface area contributed by atoms with E-state index in [-0.39, 0.29) is 0 Å². The van der Waals surface area contributed by atoms with Crippen LogP contribution >= 0.6 is 0 Å². The molecule has 178 valence electrons. The van der Waals surface area contributed by atoms with E-state index in [0.717, 1.165) is 67.1 Å². The van der Waals surface area contributed by atoms with Gasteiger partial charge in [-0.05, 0) is 60.7 Å². The quantitative estimate of drug-likeness (QED) is 0.259. The van der Waals surface area contributed by atoms with Crippen molar-refractivity contribution in [3.63, 3.8) is 0 Å². The summed E-state index contributed by atoms with van der Waals surface area (Å²) in [5.41, 5.74) is 10.7. The lowest BCUT2D eigenvalue weighted by Crippen LogP contribution is -1.94. The van der Waals surface area contributed by atoms with E-state index >= 15 is 0 Å². The Hall–Kier alpha value is -5.36. The number of imidazole rings is 4. The van der Waals surface area contributed by atoms with E-state index < -0.39 is 0 Å². The predicted octanol–water partition coefficient (Wildman–Crippen LogP) is 7.18. The second-order valence-corrected chi connectivity index (χ2v) is 9.64. The summed E-state index contributed by atoms with van der Waals surface area (Å²) in [6.45, 7) is 0. The number of para-hydroxylation sites is 6. The standard InChI is InChI=1S/C32H20N6/c1-3-11-21(12-4-1)35-25-15-7-9-17-27(25)37-29-20-30-24(19-23(29)33-31(35)37)34-32-36(22-13-5-2-6-14-22)26-16-8-10-18-28(26)38(30)32/h1-20H. The van der Waals surface area contributed by atoms with Gasteiger partial charge in [0.25, 0.3) is 0 Å². The summed E-state index contributed by atoms with van der Waals surface area (Å²) in [7, 11) is 0. The second kappa shape index (κ2) is 7.11. The summed E-state index contributed by atoms with van der Waals surface area (Å²) < 4.78 is 9.01. The molecule has 38 heavy (non-hydrogen) atoms. The topological polar surface area (TPSA) is 44.5 Å². The van der Waals surface area contributed by atoms with Crippen LogP contribution in [-0.4, -0.2) is 27.9 Å². The van der Waals surface area contributed by atoms with Crippen LogP contribution < -0.4 is 0 Å². The number of nitrogens with zero attached hydrogens (tertiary/aromatic N) is 6. The van der Waals surface area contributed by atoms with E-state index in [0.29, 0.717) is 0 Å². The van der Waals surface area contributed by atoms with Crippen LogP contribution in [0.4, 0.5) is 0 Å². The molecule has 0 aliphatic heterocycles. The molecule has 0 amide bonds. The van der Waals surface area contributed by atoms with Gasteiger partial charge in [-0.15, -0.1) is 0 Å². The first kappa shape index (κ1) is 19.8. The van der Waals surface area contributed by atoms with Gasteiger partial charge in [-0.2, -0.15) is 0 Å². The molecule has 6 heteroatoms. The van der Waals surface area contributed by atoms with Gasteiger partial charge >= 0.3 is 0 Å². The van der Waals surface area contributed by atoms with Crippen LogP contribution in [0.25, 0.3) is 67.1 Å². The van der Waals surface area contributed by atoms with Crippen molar-refractivity contribution in [2.75, 3.05) is 0 Å². The number of hydrogen-bond donors (Lipinski definition) is 0. The molecular formula is C32H20N6. The fraction of sp³-hybridized carbons (Fsp3) is 0. The summed E-state index contributed by atoms with van der Waals surface area (Å²) in [4.78, 5) is 10.3. The van der Waals surface area contributed by atoms with Crippen LogP contribution in [0.15, 0.2) is 121 Å². The minimum Gasteiger partial charge on any atom is -0.278 e. The molecule has 0 saturated heterocycles. The van der Waals surface area contributed by atoms with Crippen molar-refractivity contribution in [2.24, 2.45) is 0 Å². The first-order chi connectivity index (χ1) is 18.9. The molecule has 6 nitrogen and oxygen atoms in total. The Labute approximate surface area is 216 Å². The Balaban J connectivity index is 1.44. The molecule has 4 heterocycles. The van der Waals surface area contributed by atoms with Crippen molar-refractivity contribution in [1.82, 2.24) is 27.9 Å². The Kier molecular flexibility index (Phi) is 3.70. The molecule has 0 spiro atoms. The zero-order chi connectivity index (χ0) is 24.8. The molecule has 0 unspecified atom stereocenters. The van der Waals surface area contributed by atoms with E-state index in [1.54, 1.807) is 0 Å². The average molecular weight is 489 g/mol. The summed E-state index contributed by atoms with van der Waals surface area (Å²) in [6.07, 6.45) is 0. The predicted molar refractivity (Wildman–Crippen MR) is 153 cm³/mol. The van der Waals surface area contributed by atoms with Gasteiger partial charge in [0, 0.05) is 11.4 Å². The van der Waals surface area contributed by atoms with Crippen LogP contribution in [0.2, 0.25) is 0 Å². The van der Waals surface area contributed by atoms with Gasteiger partial charge in [-0.25, -0.2) is 9.97 Å². The van der Waals surface area contributed by atoms with Crippen LogP contribution in [-0.2, 0) is 0 Å². The maximum atomic E-state index is 5.15. The number of rotatable bonds is 2. The highest BCUT2D eigenvalue weighted by Crippen LogP contribution is 2.34. The molecule has 0 fully saturated rings. The molecule has 9 rings (SSSR count). The zero-order valence-corrected chi connectivity index (χ0v) is 20.2. The fourth-order valence-corrected chi connectivity index (χ4v) is 5.96. The number of benzene rings is 5. The molecule has 0 aliphatic carbocycles. The average Bonchev–Trinajstić information content (AvgIpc) is 3.68. The highest BCUT2D eigenvalue weighted by atomic mass is 15.2. The van der Waals surface area contributed by atoms with Gasteiger partial charge in [-0.1, -0.05) is 60.7 Å². The zero-order valence-electron chi connectivity index (χ0n) is 20.2. The van der Waals surface area contributed by atoms with Crippen LogP contribution in [0, 0.1) is 0 Å². The lowest BCUT2D eigenvalue weighted by molar-refractivity contribution is 1.11.